The minimum atomic E-state index is 0.546. The van der Waals surface area contributed by atoms with Gasteiger partial charge in [-0.15, -0.1) is 0 Å². The van der Waals surface area contributed by atoms with Crippen LogP contribution in [0.3, 0.4) is 0 Å². The van der Waals surface area contributed by atoms with E-state index in [4.69, 9.17) is 0 Å². The van der Waals surface area contributed by atoms with Gasteiger partial charge in [0.1, 0.15) is 0 Å². The van der Waals surface area contributed by atoms with E-state index in [0.29, 0.717) is 6.04 Å². The fourth-order valence-corrected chi connectivity index (χ4v) is 3.81. The van der Waals surface area contributed by atoms with Crippen LogP contribution in [0.1, 0.15) is 44.5 Å². The van der Waals surface area contributed by atoms with E-state index < -0.39 is 0 Å². The maximum Gasteiger partial charge on any atom is 0.0951 e. The molecule has 3 heterocycles. The third-order valence-electron chi connectivity index (χ3n) is 5.12. The van der Waals surface area contributed by atoms with Gasteiger partial charge in [0, 0.05) is 30.4 Å². The Morgan fingerprint density at radius 2 is 1.91 bits per heavy atom. The molecule has 0 radical (unpaired) electrons. The molecule has 2 aromatic heterocycles. The summed E-state index contributed by atoms with van der Waals surface area (Å²) in [6.07, 6.45) is 8.01. The highest BCUT2D eigenvalue weighted by Gasteiger charge is 2.20. The lowest BCUT2D eigenvalue weighted by Gasteiger charge is -2.32. The van der Waals surface area contributed by atoms with Gasteiger partial charge in [-0.1, -0.05) is 6.42 Å². The summed E-state index contributed by atoms with van der Waals surface area (Å²) in [5.41, 5.74) is 4.77. The van der Waals surface area contributed by atoms with Crippen molar-refractivity contribution >= 4 is 0 Å². The Morgan fingerprint density at radius 3 is 2.57 bits per heavy atom. The van der Waals surface area contributed by atoms with Crippen LogP contribution in [-0.2, 0) is 13.1 Å². The standard InChI is InChI=1S/C18H29N5/c1-5-23-16(4)18(15(3)20-23)17-11-19-13-22(17)12-14(2)21-9-7-6-8-10-21/h11,13-14H,5-10,12H2,1-4H3/t14-/m1/s1. The van der Waals surface area contributed by atoms with Crippen molar-refractivity contribution in [3.05, 3.63) is 23.9 Å². The van der Waals surface area contributed by atoms with Crippen LogP contribution in [0, 0.1) is 13.8 Å². The number of rotatable bonds is 5. The van der Waals surface area contributed by atoms with Gasteiger partial charge in [0.05, 0.1) is 23.9 Å². The zero-order valence-corrected chi connectivity index (χ0v) is 14.9. The molecule has 1 atom stereocenters. The van der Waals surface area contributed by atoms with Crippen LogP contribution in [0.5, 0.6) is 0 Å². The number of piperidine rings is 1. The van der Waals surface area contributed by atoms with Gasteiger partial charge >= 0.3 is 0 Å². The lowest BCUT2D eigenvalue weighted by Crippen LogP contribution is -2.39. The summed E-state index contributed by atoms with van der Waals surface area (Å²) in [5.74, 6) is 0. The zero-order chi connectivity index (χ0) is 16.4. The second-order valence-corrected chi connectivity index (χ2v) is 6.74. The molecule has 3 rings (SSSR count). The average molecular weight is 315 g/mol. The third-order valence-corrected chi connectivity index (χ3v) is 5.12. The first-order valence-electron chi connectivity index (χ1n) is 8.90. The van der Waals surface area contributed by atoms with Gasteiger partial charge in [-0.2, -0.15) is 5.10 Å². The van der Waals surface area contributed by atoms with Crippen molar-refractivity contribution in [1.29, 1.82) is 0 Å². The summed E-state index contributed by atoms with van der Waals surface area (Å²) in [4.78, 5) is 7.03. The summed E-state index contributed by atoms with van der Waals surface area (Å²) in [6.45, 7) is 13.1. The smallest absolute Gasteiger partial charge is 0.0951 e. The summed E-state index contributed by atoms with van der Waals surface area (Å²) in [5, 5.41) is 4.66. The Bertz CT molecular complexity index is 648. The van der Waals surface area contributed by atoms with Crippen LogP contribution in [0.15, 0.2) is 12.5 Å². The molecule has 23 heavy (non-hydrogen) atoms. The molecule has 1 aliphatic heterocycles. The lowest BCUT2D eigenvalue weighted by molar-refractivity contribution is 0.160. The third kappa shape index (κ3) is 3.20. The van der Waals surface area contributed by atoms with E-state index in [1.165, 1.54) is 49.3 Å². The minimum Gasteiger partial charge on any atom is -0.329 e. The molecule has 1 fully saturated rings. The van der Waals surface area contributed by atoms with Gasteiger partial charge in [0.2, 0.25) is 0 Å². The first kappa shape index (κ1) is 16.2. The van der Waals surface area contributed by atoms with Crippen molar-refractivity contribution in [3.63, 3.8) is 0 Å². The molecule has 126 valence electrons. The van der Waals surface area contributed by atoms with Gasteiger partial charge in [0.15, 0.2) is 0 Å². The average Bonchev–Trinajstić information content (AvgIpc) is 3.12. The van der Waals surface area contributed by atoms with Gasteiger partial charge in [-0.3, -0.25) is 9.58 Å². The van der Waals surface area contributed by atoms with Crippen LogP contribution >= 0.6 is 0 Å². The predicted molar refractivity (Wildman–Crippen MR) is 93.5 cm³/mol. The lowest BCUT2D eigenvalue weighted by atomic mass is 10.1. The van der Waals surface area contributed by atoms with E-state index >= 15 is 0 Å². The van der Waals surface area contributed by atoms with E-state index in [1.54, 1.807) is 0 Å². The Hall–Kier alpha value is -1.62. The monoisotopic (exact) mass is 315 g/mol. The molecule has 2 aromatic rings. The zero-order valence-electron chi connectivity index (χ0n) is 14.9. The second-order valence-electron chi connectivity index (χ2n) is 6.74. The van der Waals surface area contributed by atoms with Crippen LogP contribution in [0.4, 0.5) is 0 Å². The van der Waals surface area contributed by atoms with Gasteiger partial charge < -0.3 is 4.57 Å². The first-order valence-corrected chi connectivity index (χ1v) is 8.90. The molecule has 5 heteroatoms. The van der Waals surface area contributed by atoms with Crippen LogP contribution in [0.25, 0.3) is 11.3 Å². The molecule has 0 unspecified atom stereocenters. The summed E-state index contributed by atoms with van der Waals surface area (Å²) < 4.78 is 4.38. The Labute approximate surface area is 139 Å². The molecular weight excluding hydrogens is 286 g/mol. The quantitative estimate of drug-likeness (QED) is 0.850. The number of hydrogen-bond donors (Lipinski definition) is 0. The van der Waals surface area contributed by atoms with Crippen molar-refractivity contribution in [1.82, 2.24) is 24.2 Å². The fourth-order valence-electron chi connectivity index (χ4n) is 3.81. The summed E-state index contributed by atoms with van der Waals surface area (Å²) >= 11 is 0. The molecule has 0 N–H and O–H groups in total. The summed E-state index contributed by atoms with van der Waals surface area (Å²) in [7, 11) is 0. The maximum absolute atomic E-state index is 4.66. The first-order chi connectivity index (χ1) is 11.1. The van der Waals surface area contributed by atoms with Crippen LogP contribution in [-0.4, -0.2) is 43.4 Å². The molecule has 0 aromatic carbocycles. The number of nitrogens with zero attached hydrogens (tertiary/aromatic N) is 5. The minimum absolute atomic E-state index is 0.546. The van der Waals surface area contributed by atoms with Gasteiger partial charge in [-0.25, -0.2) is 4.98 Å². The second kappa shape index (κ2) is 6.87. The Kier molecular flexibility index (Phi) is 4.85. The van der Waals surface area contributed by atoms with Crippen LogP contribution in [0.2, 0.25) is 0 Å². The SMILES string of the molecule is CCn1nc(C)c(-c2cncn2C[C@@H](C)N2CCCCC2)c1C. The van der Waals surface area contributed by atoms with E-state index in [1.807, 2.05) is 12.5 Å². The van der Waals surface area contributed by atoms with E-state index in [0.717, 1.165) is 18.8 Å². The molecular formula is C18H29N5. The highest BCUT2D eigenvalue weighted by Crippen LogP contribution is 2.27. The number of imidazole rings is 1. The highest BCUT2D eigenvalue weighted by molar-refractivity contribution is 5.64. The molecule has 0 spiro atoms. The van der Waals surface area contributed by atoms with Crippen molar-refractivity contribution in [3.8, 4) is 11.3 Å². The van der Waals surface area contributed by atoms with E-state index in [9.17, 15) is 0 Å². The maximum atomic E-state index is 4.66. The Balaban J connectivity index is 1.84. The number of aromatic nitrogens is 4. The van der Waals surface area contributed by atoms with Gasteiger partial charge in [0.25, 0.3) is 0 Å². The van der Waals surface area contributed by atoms with Crippen molar-refractivity contribution in [2.45, 2.75) is 66.1 Å². The van der Waals surface area contributed by atoms with E-state index in [2.05, 4.69) is 51.9 Å². The molecule has 5 nitrogen and oxygen atoms in total. The molecule has 0 aliphatic carbocycles. The molecule has 0 amide bonds. The van der Waals surface area contributed by atoms with Gasteiger partial charge in [-0.05, 0) is 53.6 Å². The van der Waals surface area contributed by atoms with Crippen molar-refractivity contribution in [2.24, 2.45) is 0 Å². The highest BCUT2D eigenvalue weighted by atomic mass is 15.3. The molecule has 0 saturated carbocycles. The molecule has 0 bridgehead atoms. The molecule has 1 aliphatic rings. The van der Waals surface area contributed by atoms with Crippen LogP contribution < -0.4 is 0 Å². The normalized spacial score (nSPS) is 17.6. The summed E-state index contributed by atoms with van der Waals surface area (Å²) in [6, 6.07) is 0.546. The number of aryl methyl sites for hydroxylation is 2. The number of likely N-dealkylation sites (tertiary alicyclic amines) is 1. The van der Waals surface area contributed by atoms with Crippen molar-refractivity contribution < 1.29 is 0 Å². The molecule has 1 saturated heterocycles. The fraction of sp³-hybridized carbons (Fsp3) is 0.667. The largest absolute Gasteiger partial charge is 0.329 e. The Morgan fingerprint density at radius 1 is 1.17 bits per heavy atom. The van der Waals surface area contributed by atoms with E-state index in [-0.39, 0.29) is 0 Å². The predicted octanol–water partition coefficient (Wildman–Crippen LogP) is 3.26. The number of hydrogen-bond acceptors (Lipinski definition) is 3. The topological polar surface area (TPSA) is 38.9 Å². The van der Waals surface area contributed by atoms with Crippen molar-refractivity contribution in [2.75, 3.05) is 13.1 Å².